The van der Waals surface area contributed by atoms with Gasteiger partial charge in [0, 0.05) is 81.2 Å². The lowest BCUT2D eigenvalue weighted by molar-refractivity contribution is -0.142. The number of rotatable bonds is 32. The third-order valence-corrected chi connectivity index (χ3v) is 14.9. The lowest BCUT2D eigenvalue weighted by atomic mass is 9.98. The number of H-pyrrole nitrogens is 2. The van der Waals surface area contributed by atoms with Gasteiger partial charge in [-0.2, -0.15) is 0 Å². The first-order valence-corrected chi connectivity index (χ1v) is 30.4. The molecule has 18 N–H and O–H groups in total. The molecule has 10 amide bonds. The van der Waals surface area contributed by atoms with Gasteiger partial charge in [-0.3, -0.25) is 57.7 Å². The summed E-state index contributed by atoms with van der Waals surface area (Å²) in [4.78, 5) is 164. The van der Waals surface area contributed by atoms with Gasteiger partial charge in [0.1, 0.15) is 60.1 Å². The van der Waals surface area contributed by atoms with E-state index in [4.69, 9.17) is 21.4 Å². The number of phenols is 1. The average molecular weight is 1270 g/mol. The van der Waals surface area contributed by atoms with E-state index in [9.17, 15) is 58.2 Å². The van der Waals surface area contributed by atoms with Crippen LogP contribution in [0.1, 0.15) is 110 Å². The molecule has 2 aromatic heterocycles. The largest absolute Gasteiger partial charge is 0.508 e. The molecule has 0 spiro atoms. The summed E-state index contributed by atoms with van der Waals surface area (Å²) >= 11 is 0. The first-order chi connectivity index (χ1) is 43.3. The molecule has 496 valence electrons. The standard InChI is InChI=1S/C59H84N16O12.C2H4O2/c1-6-63-57(86)48-14-10-22-75(48)58(87)41(13-9-21-64-59(60)61)68-51(80)42(23-32(2)3)69-52(81)43(24-33(4)5)70-53(82)44(25-34-15-17-37(77)18-16-34)71-56(85)47(30-76)74-54(83)45(26-35-28-65-39-12-8-7-11-38(35)39)72-55(84)46(27-36-29-62-31-66-36)73-50(79)40-19-20-49(78)67-40;1-2(3)4/h7-8,11-12,15-18,28-29,31-33,40-48,65,76-77H,6,9-10,13-14,19-27,30H2,1-5H3,(H,62,66)(H,63,86)(H,67,78)(H,68,80)(H,69,81)(H,70,82)(H,71,85)(H,72,84)(H,73,79)(H,74,83)(H4,60,61,64);1H3,(H,3,4)/t40-,41-,42-,43+,44-,45-,46-,47-,48?;/m0./s1. The van der Waals surface area contributed by atoms with Crippen LogP contribution in [0, 0.1) is 11.8 Å². The minimum absolute atomic E-state index is 0.0397. The molecule has 6 rings (SSSR count). The van der Waals surface area contributed by atoms with Crippen LogP contribution in [-0.2, 0) is 72.0 Å². The van der Waals surface area contributed by atoms with Gasteiger partial charge in [-0.05, 0) is 93.0 Å². The molecule has 9 atom stereocenters. The maximum Gasteiger partial charge on any atom is 0.300 e. The molecule has 0 aliphatic carbocycles. The van der Waals surface area contributed by atoms with Crippen LogP contribution in [0.5, 0.6) is 5.75 Å². The number of carboxylic acids is 1. The van der Waals surface area contributed by atoms with Gasteiger partial charge in [0.15, 0.2) is 5.96 Å². The summed E-state index contributed by atoms with van der Waals surface area (Å²) < 4.78 is 0. The summed E-state index contributed by atoms with van der Waals surface area (Å²) in [7, 11) is 0. The van der Waals surface area contributed by atoms with Crippen molar-refractivity contribution < 1.29 is 68.1 Å². The normalized spacial score (nSPS) is 16.7. The number of guanidine groups is 1. The predicted molar refractivity (Wildman–Crippen MR) is 333 cm³/mol. The number of aromatic nitrogens is 3. The number of carboxylic acid groups (broad SMARTS) is 1. The van der Waals surface area contributed by atoms with Gasteiger partial charge in [0.2, 0.25) is 59.1 Å². The number of nitrogens with two attached hydrogens (primary N) is 2. The van der Waals surface area contributed by atoms with Crippen molar-refractivity contribution in [1.82, 2.24) is 67.7 Å². The van der Waals surface area contributed by atoms with Crippen molar-refractivity contribution in [2.75, 3.05) is 26.2 Å². The highest BCUT2D eigenvalue weighted by molar-refractivity contribution is 5.99. The maximum atomic E-state index is 14.7. The Bertz CT molecular complexity index is 3160. The van der Waals surface area contributed by atoms with Crippen LogP contribution in [-0.4, -0.2) is 187 Å². The van der Waals surface area contributed by atoms with Gasteiger partial charge >= 0.3 is 0 Å². The molecule has 91 heavy (non-hydrogen) atoms. The smallest absolute Gasteiger partial charge is 0.300 e. The molecule has 1 unspecified atom stereocenters. The van der Waals surface area contributed by atoms with Crippen LogP contribution >= 0.6 is 0 Å². The van der Waals surface area contributed by atoms with E-state index in [1.165, 1.54) is 41.7 Å². The number of fused-ring (bicyclic) bond motifs is 1. The van der Waals surface area contributed by atoms with Crippen molar-refractivity contribution in [3.05, 3.63) is 84.1 Å². The Morgan fingerprint density at radius 3 is 1.80 bits per heavy atom. The molecule has 2 aromatic carbocycles. The Balaban J connectivity index is 0.00000365. The van der Waals surface area contributed by atoms with Gasteiger partial charge in [0.05, 0.1) is 12.9 Å². The molecule has 0 bridgehead atoms. The van der Waals surface area contributed by atoms with Crippen LogP contribution in [0.4, 0.5) is 0 Å². The van der Waals surface area contributed by atoms with E-state index >= 15 is 0 Å². The lowest BCUT2D eigenvalue weighted by Crippen LogP contribution is -2.61. The number of benzene rings is 2. The third kappa shape index (κ3) is 23.1. The third-order valence-electron chi connectivity index (χ3n) is 14.9. The summed E-state index contributed by atoms with van der Waals surface area (Å²) in [6.07, 6.45) is 5.80. The Kier molecular flexibility index (Phi) is 28.2. The Labute approximate surface area is 526 Å². The number of carbonyl (C=O) groups is 11. The average Bonchev–Trinajstić information content (AvgIpc) is 2.04. The zero-order valence-electron chi connectivity index (χ0n) is 52.1. The zero-order chi connectivity index (χ0) is 66.9. The summed E-state index contributed by atoms with van der Waals surface area (Å²) in [6, 6.07) is 1.58. The van der Waals surface area contributed by atoms with E-state index < -0.39 is 114 Å². The number of aromatic hydroxyl groups is 1. The van der Waals surface area contributed by atoms with Crippen LogP contribution < -0.4 is 59.3 Å². The van der Waals surface area contributed by atoms with Gasteiger partial charge in [-0.25, -0.2) is 4.98 Å². The number of aromatic amines is 2. The lowest BCUT2D eigenvalue weighted by Gasteiger charge is -2.31. The van der Waals surface area contributed by atoms with Gasteiger partial charge in [-0.15, -0.1) is 0 Å². The molecule has 30 heteroatoms. The van der Waals surface area contributed by atoms with Crippen molar-refractivity contribution >= 4 is 81.9 Å². The first-order valence-electron chi connectivity index (χ1n) is 30.4. The van der Waals surface area contributed by atoms with E-state index in [2.05, 4.69) is 67.8 Å². The Morgan fingerprint density at radius 1 is 0.703 bits per heavy atom. The highest BCUT2D eigenvalue weighted by atomic mass is 16.4. The van der Waals surface area contributed by atoms with E-state index in [0.717, 1.165) is 12.4 Å². The number of nitrogens with one attached hydrogen (secondary N) is 11. The minimum Gasteiger partial charge on any atom is -0.508 e. The fourth-order valence-electron chi connectivity index (χ4n) is 10.5. The molecule has 0 radical (unpaired) electrons. The van der Waals surface area contributed by atoms with Crippen LogP contribution in [0.3, 0.4) is 0 Å². The number of likely N-dealkylation sites (tertiary alicyclic amines) is 1. The second-order valence-corrected chi connectivity index (χ2v) is 23.3. The number of aliphatic imine (C=N–C) groups is 1. The number of nitrogens with zero attached hydrogens (tertiary/aromatic N) is 3. The summed E-state index contributed by atoms with van der Waals surface area (Å²) in [5, 5.41) is 53.3. The van der Waals surface area contributed by atoms with E-state index in [0.29, 0.717) is 41.6 Å². The molecular weight excluding hydrogens is 1180 g/mol. The second kappa shape index (κ2) is 35.5. The number of imidazole rings is 1. The number of aliphatic hydroxyl groups excluding tert-OH is 1. The number of likely N-dealkylation sites (N-methyl/N-ethyl adjacent to an activating group) is 1. The number of hydrogen-bond donors (Lipinski definition) is 16. The molecule has 2 fully saturated rings. The fraction of sp³-hybridized carbons (Fsp3) is 0.525. The molecule has 2 aliphatic rings. The van der Waals surface area contributed by atoms with Crippen LogP contribution in [0.2, 0.25) is 0 Å². The van der Waals surface area contributed by atoms with Gasteiger partial charge in [-0.1, -0.05) is 58.0 Å². The van der Waals surface area contributed by atoms with Crippen molar-refractivity contribution in [3.8, 4) is 5.75 Å². The number of amides is 10. The van der Waals surface area contributed by atoms with E-state index in [1.54, 1.807) is 45.2 Å². The number of para-hydroxylation sites is 1. The van der Waals surface area contributed by atoms with Crippen molar-refractivity contribution in [3.63, 3.8) is 0 Å². The van der Waals surface area contributed by atoms with Crippen molar-refractivity contribution in [2.45, 2.75) is 167 Å². The molecular formula is C61H88N16O14. The highest BCUT2D eigenvalue weighted by Crippen LogP contribution is 2.22. The minimum atomic E-state index is -1.75. The van der Waals surface area contributed by atoms with Crippen LogP contribution in [0.25, 0.3) is 10.9 Å². The Hall–Kier alpha value is -9.61. The van der Waals surface area contributed by atoms with Crippen molar-refractivity contribution in [1.29, 1.82) is 0 Å². The predicted octanol–water partition coefficient (Wildman–Crippen LogP) is -1.35. The number of aliphatic carboxylic acids is 1. The Morgan fingerprint density at radius 2 is 1.25 bits per heavy atom. The molecule has 4 aromatic rings. The quantitative estimate of drug-likeness (QED) is 0.0153. The number of phenolic OH excluding ortho intramolecular Hbond substituents is 1. The number of aliphatic hydroxyl groups is 1. The molecule has 0 saturated carbocycles. The SMILES string of the molecule is CC(=O)O.CCNC(=O)C1CCCN1C(=O)[C@H](CCCN=C(N)N)NC(=O)[C@H](CC(C)C)NC(=O)[C@@H](CC(C)C)NC(=O)[C@H](Cc1ccc(O)cc1)NC(=O)[C@H](CO)NC(=O)[C@H](Cc1c[nH]c2ccccc12)NC(=O)[C@H](Cc1cnc[nH]1)NC(=O)[C@@H]1CCC(=O)N1. The molecule has 30 nitrogen and oxygen atoms in total. The topological polar surface area (TPSA) is 469 Å². The summed E-state index contributed by atoms with van der Waals surface area (Å²) in [6.45, 7) is 9.91. The fourth-order valence-corrected chi connectivity index (χ4v) is 10.5. The van der Waals surface area contributed by atoms with E-state index in [1.807, 2.05) is 19.9 Å². The first kappa shape index (κ1) is 72.1. The maximum absolute atomic E-state index is 14.7. The van der Waals surface area contributed by atoms with Crippen molar-refractivity contribution in [2.24, 2.45) is 28.3 Å². The molecule has 2 saturated heterocycles. The monoisotopic (exact) mass is 1270 g/mol. The number of hydrogen-bond acceptors (Lipinski definition) is 15. The molecule has 4 heterocycles. The van der Waals surface area contributed by atoms with E-state index in [-0.39, 0.29) is 106 Å². The van der Waals surface area contributed by atoms with Crippen LogP contribution in [0.15, 0.2) is 72.2 Å². The zero-order valence-corrected chi connectivity index (χ0v) is 52.1. The van der Waals surface area contributed by atoms with Gasteiger partial charge < -0.3 is 89.5 Å². The summed E-state index contributed by atoms with van der Waals surface area (Å²) in [5.74, 6) is -8.39. The number of carbonyl (C=O) groups excluding carboxylic acids is 10. The second-order valence-electron chi connectivity index (χ2n) is 23.3. The van der Waals surface area contributed by atoms with Gasteiger partial charge in [0.25, 0.3) is 5.97 Å². The molecule has 2 aliphatic heterocycles. The summed E-state index contributed by atoms with van der Waals surface area (Å²) in [5.41, 5.74) is 13.3. The highest BCUT2D eigenvalue weighted by Gasteiger charge is 2.40.